The fraction of sp³-hybridized carbons (Fsp3) is 0.130. The largest absolute Gasteiger partial charge is 0.489 e. The normalized spacial score (nSPS) is 10.1. The van der Waals surface area contributed by atoms with Crippen molar-refractivity contribution in [2.45, 2.75) is 13.5 Å². The molecule has 6 heteroatoms. The van der Waals surface area contributed by atoms with Gasteiger partial charge in [-0.05, 0) is 42.0 Å². The molecule has 0 fully saturated rings. The van der Waals surface area contributed by atoms with E-state index in [1.54, 1.807) is 24.3 Å². The van der Waals surface area contributed by atoms with Gasteiger partial charge >= 0.3 is 0 Å². The zero-order valence-corrected chi connectivity index (χ0v) is 16.1. The molecule has 0 unspecified atom stereocenters. The molecule has 6 nitrogen and oxygen atoms in total. The van der Waals surface area contributed by atoms with E-state index in [2.05, 4.69) is 16.0 Å². The number of hydrogen-bond acceptors (Lipinski definition) is 4. The summed E-state index contributed by atoms with van der Waals surface area (Å²) in [6.07, 6.45) is 0. The van der Waals surface area contributed by atoms with E-state index in [0.717, 1.165) is 17.0 Å². The highest BCUT2D eigenvalue weighted by Crippen LogP contribution is 2.19. The van der Waals surface area contributed by atoms with Crippen LogP contribution in [0.25, 0.3) is 0 Å². The van der Waals surface area contributed by atoms with E-state index < -0.39 is 0 Å². The summed E-state index contributed by atoms with van der Waals surface area (Å²) in [4.78, 5) is 23.2. The van der Waals surface area contributed by atoms with Crippen molar-refractivity contribution in [3.8, 4) is 5.75 Å². The van der Waals surface area contributed by atoms with Gasteiger partial charge in [0.15, 0.2) is 0 Å². The van der Waals surface area contributed by atoms with Gasteiger partial charge in [-0.1, -0.05) is 36.4 Å². The van der Waals surface area contributed by atoms with Crippen molar-refractivity contribution in [2.24, 2.45) is 0 Å². The summed E-state index contributed by atoms with van der Waals surface area (Å²) in [7, 11) is 0. The predicted molar refractivity (Wildman–Crippen MR) is 115 cm³/mol. The average Bonchev–Trinajstić information content (AvgIpc) is 2.73. The van der Waals surface area contributed by atoms with Crippen LogP contribution < -0.4 is 20.7 Å². The van der Waals surface area contributed by atoms with Gasteiger partial charge in [-0.25, -0.2) is 0 Å². The Hall–Kier alpha value is -3.80. The molecule has 0 saturated carbocycles. The number of carbonyl (C=O) groups excluding carboxylic acids is 2. The van der Waals surface area contributed by atoms with E-state index >= 15 is 0 Å². The Morgan fingerprint density at radius 2 is 1.48 bits per heavy atom. The number of rotatable bonds is 8. The lowest BCUT2D eigenvalue weighted by atomic mass is 10.2. The molecule has 0 heterocycles. The van der Waals surface area contributed by atoms with Gasteiger partial charge in [0.05, 0.1) is 6.54 Å². The van der Waals surface area contributed by atoms with E-state index in [-0.39, 0.29) is 18.4 Å². The highest BCUT2D eigenvalue weighted by molar-refractivity contribution is 5.94. The molecule has 0 aliphatic heterocycles. The second-order valence-corrected chi connectivity index (χ2v) is 6.46. The lowest BCUT2D eigenvalue weighted by Crippen LogP contribution is -2.21. The van der Waals surface area contributed by atoms with E-state index in [9.17, 15) is 9.59 Å². The number of nitrogens with one attached hydrogen (secondary N) is 3. The standard InChI is InChI=1S/C23H23N3O3/c1-17(27)25-19-10-12-20(13-11-19)26-23(28)15-24-21-8-5-9-22(14-21)29-16-18-6-3-2-4-7-18/h2-14,24H,15-16H2,1H3,(H,25,27)(H,26,28). The van der Waals surface area contributed by atoms with Crippen molar-refractivity contribution in [1.29, 1.82) is 0 Å². The molecule has 3 N–H and O–H groups in total. The van der Waals surface area contributed by atoms with Gasteiger partial charge in [-0.15, -0.1) is 0 Å². The molecule has 148 valence electrons. The molecule has 0 aliphatic rings. The Balaban J connectivity index is 1.48. The Bertz CT molecular complexity index is 957. The summed E-state index contributed by atoms with van der Waals surface area (Å²) >= 11 is 0. The molecule has 0 bridgehead atoms. The topological polar surface area (TPSA) is 79.5 Å². The zero-order chi connectivity index (χ0) is 20.5. The van der Waals surface area contributed by atoms with Crippen molar-refractivity contribution in [1.82, 2.24) is 0 Å². The van der Waals surface area contributed by atoms with E-state index in [4.69, 9.17) is 4.74 Å². The Morgan fingerprint density at radius 1 is 0.793 bits per heavy atom. The Kier molecular flexibility index (Phi) is 6.84. The highest BCUT2D eigenvalue weighted by Gasteiger charge is 2.04. The van der Waals surface area contributed by atoms with E-state index in [1.807, 2.05) is 54.6 Å². The van der Waals surface area contributed by atoms with Gasteiger partial charge in [0.1, 0.15) is 12.4 Å². The minimum atomic E-state index is -0.173. The van der Waals surface area contributed by atoms with Crippen LogP contribution in [0.2, 0.25) is 0 Å². The zero-order valence-electron chi connectivity index (χ0n) is 16.1. The molecule has 3 aromatic rings. The monoisotopic (exact) mass is 389 g/mol. The van der Waals surface area contributed by atoms with Gasteiger partial charge in [0.2, 0.25) is 11.8 Å². The second-order valence-electron chi connectivity index (χ2n) is 6.46. The first kappa shape index (κ1) is 19.9. The van der Waals surface area contributed by atoms with Crippen LogP contribution in [-0.2, 0) is 16.2 Å². The molecule has 2 amide bonds. The van der Waals surface area contributed by atoms with Crippen molar-refractivity contribution >= 4 is 28.9 Å². The number of hydrogen-bond donors (Lipinski definition) is 3. The predicted octanol–water partition coefficient (Wildman–Crippen LogP) is 4.27. The van der Waals surface area contributed by atoms with E-state index in [0.29, 0.717) is 18.0 Å². The van der Waals surface area contributed by atoms with Crippen LogP contribution in [0, 0.1) is 0 Å². The molecule has 0 aliphatic carbocycles. The lowest BCUT2D eigenvalue weighted by molar-refractivity contribution is -0.115. The Labute approximate surface area is 169 Å². The summed E-state index contributed by atoms with van der Waals surface area (Å²) in [5.41, 5.74) is 3.23. The third-order valence-electron chi connectivity index (χ3n) is 4.02. The van der Waals surface area contributed by atoms with Crippen LogP contribution in [0.3, 0.4) is 0 Å². The van der Waals surface area contributed by atoms with Gasteiger partial charge in [0, 0.05) is 30.1 Å². The maximum atomic E-state index is 12.2. The van der Waals surface area contributed by atoms with Crippen molar-refractivity contribution in [2.75, 3.05) is 22.5 Å². The fourth-order valence-corrected chi connectivity index (χ4v) is 2.66. The van der Waals surface area contributed by atoms with Crippen LogP contribution in [0.15, 0.2) is 78.9 Å². The van der Waals surface area contributed by atoms with Crippen LogP contribution >= 0.6 is 0 Å². The lowest BCUT2D eigenvalue weighted by Gasteiger charge is -2.11. The molecule has 3 rings (SSSR count). The van der Waals surface area contributed by atoms with Crippen LogP contribution in [0.1, 0.15) is 12.5 Å². The number of carbonyl (C=O) groups is 2. The molecule has 29 heavy (non-hydrogen) atoms. The van der Waals surface area contributed by atoms with Gasteiger partial charge in [0.25, 0.3) is 0 Å². The minimum absolute atomic E-state index is 0.121. The summed E-state index contributed by atoms with van der Waals surface area (Å²) < 4.78 is 5.80. The van der Waals surface area contributed by atoms with Gasteiger partial charge in [-0.2, -0.15) is 0 Å². The summed E-state index contributed by atoms with van der Waals surface area (Å²) in [6, 6.07) is 24.4. The van der Waals surface area contributed by atoms with Gasteiger partial charge in [-0.3, -0.25) is 9.59 Å². The first-order chi connectivity index (χ1) is 14.1. The third kappa shape index (κ3) is 6.70. The average molecular weight is 389 g/mol. The molecular weight excluding hydrogens is 366 g/mol. The van der Waals surface area contributed by atoms with Crippen molar-refractivity contribution in [3.05, 3.63) is 84.4 Å². The van der Waals surface area contributed by atoms with E-state index in [1.165, 1.54) is 6.92 Å². The number of amides is 2. The number of anilines is 3. The maximum absolute atomic E-state index is 12.2. The fourth-order valence-electron chi connectivity index (χ4n) is 2.66. The molecule has 0 aromatic heterocycles. The molecule has 0 saturated heterocycles. The summed E-state index contributed by atoms with van der Waals surface area (Å²) in [6.45, 7) is 2.05. The van der Waals surface area contributed by atoms with Crippen LogP contribution in [0.4, 0.5) is 17.1 Å². The number of benzene rings is 3. The summed E-state index contributed by atoms with van der Waals surface area (Å²) in [5, 5.41) is 8.58. The molecule has 0 atom stereocenters. The first-order valence-corrected chi connectivity index (χ1v) is 9.27. The van der Waals surface area contributed by atoms with Crippen LogP contribution in [0.5, 0.6) is 5.75 Å². The molecule has 0 spiro atoms. The first-order valence-electron chi connectivity index (χ1n) is 9.27. The van der Waals surface area contributed by atoms with Gasteiger partial charge < -0.3 is 20.7 Å². The third-order valence-corrected chi connectivity index (χ3v) is 4.02. The second kappa shape index (κ2) is 9.94. The quantitative estimate of drug-likeness (QED) is 0.537. The molecular formula is C23H23N3O3. The van der Waals surface area contributed by atoms with Crippen LogP contribution in [-0.4, -0.2) is 18.4 Å². The highest BCUT2D eigenvalue weighted by atomic mass is 16.5. The van der Waals surface area contributed by atoms with Crippen molar-refractivity contribution < 1.29 is 14.3 Å². The summed E-state index contributed by atoms with van der Waals surface area (Å²) in [5.74, 6) is 0.418. The SMILES string of the molecule is CC(=O)Nc1ccc(NC(=O)CNc2cccc(OCc3ccccc3)c2)cc1. The molecule has 0 radical (unpaired) electrons. The minimum Gasteiger partial charge on any atom is -0.489 e. The maximum Gasteiger partial charge on any atom is 0.243 e. The van der Waals surface area contributed by atoms with Crippen molar-refractivity contribution in [3.63, 3.8) is 0 Å². The Morgan fingerprint density at radius 3 is 2.17 bits per heavy atom. The number of ether oxygens (including phenoxy) is 1. The smallest absolute Gasteiger partial charge is 0.243 e. The molecule has 3 aromatic carbocycles.